The van der Waals surface area contributed by atoms with E-state index in [9.17, 15) is 14.5 Å². The molecule has 11 nitrogen and oxygen atoms in total. The van der Waals surface area contributed by atoms with Crippen molar-refractivity contribution < 1.29 is 33.3 Å². The van der Waals surface area contributed by atoms with E-state index in [1.54, 1.807) is 13.2 Å². The van der Waals surface area contributed by atoms with Crippen molar-refractivity contribution in [2.45, 2.75) is 43.7 Å². The molecular formula is C34H41FN4O7. The van der Waals surface area contributed by atoms with Crippen LogP contribution < -0.4 is 24.6 Å². The number of rotatable bonds is 13. The van der Waals surface area contributed by atoms with Gasteiger partial charge in [-0.15, -0.1) is 10.1 Å². The van der Waals surface area contributed by atoms with Gasteiger partial charge in [-0.3, -0.25) is 0 Å². The third-order valence-electron chi connectivity index (χ3n) is 8.82. The van der Waals surface area contributed by atoms with Gasteiger partial charge in [0.2, 0.25) is 0 Å². The van der Waals surface area contributed by atoms with Crippen LogP contribution in [0.15, 0.2) is 66.7 Å². The van der Waals surface area contributed by atoms with Crippen LogP contribution in [0.5, 0.6) is 11.5 Å². The number of hydrogen-bond donors (Lipinski definition) is 1. The molecule has 0 radical (unpaired) electrons. The maximum Gasteiger partial charge on any atom is 0.294 e. The Balaban J connectivity index is 1.12. The Hall–Kier alpha value is -4.13. The minimum Gasteiger partial charge on any atom is -0.490 e. The van der Waals surface area contributed by atoms with Crippen LogP contribution in [0.25, 0.3) is 0 Å². The average molecular weight is 637 g/mol. The lowest BCUT2D eigenvalue weighted by Crippen LogP contribution is -2.51. The highest BCUT2D eigenvalue weighted by atomic mass is 19.1. The molecule has 1 unspecified atom stereocenters. The topological polar surface area (TPSA) is 108 Å². The largest absolute Gasteiger partial charge is 0.490 e. The Labute approximate surface area is 268 Å². The molecule has 3 aromatic rings. The van der Waals surface area contributed by atoms with Gasteiger partial charge in [0.1, 0.15) is 36.1 Å². The molecule has 3 aromatic carbocycles. The highest BCUT2D eigenvalue weighted by molar-refractivity contribution is 5.61. The second-order valence-corrected chi connectivity index (χ2v) is 11.9. The molecule has 1 N–H and O–H groups in total. The fraction of sp³-hybridized carbons (Fsp3) is 0.471. The van der Waals surface area contributed by atoms with Crippen LogP contribution in [0.1, 0.15) is 29.9 Å². The second-order valence-electron chi connectivity index (χ2n) is 11.9. The molecule has 46 heavy (non-hydrogen) atoms. The van der Waals surface area contributed by atoms with E-state index in [4.69, 9.17) is 23.8 Å². The standard InChI is InChI=1S/C34H41FN4O7/c1-42-16-3-13-37-15-17-43-31-11-6-24(18-30(31)37)23-44-32-20-36-21-33(46-39(40)41)34(32)25-7-9-28(10-8-25)45-29-12-14-38(22-29)27-5-2-4-26(35)19-27/h2,4-11,18-19,29,32-34,36H,3,12-17,20-23H2,1H3/t29?,32-,33+,34+/m0/s1. The molecule has 0 bridgehead atoms. The summed E-state index contributed by atoms with van der Waals surface area (Å²) in [5.41, 5.74) is 3.75. The number of anilines is 2. The number of nitrogens with zero attached hydrogens (tertiary/aromatic N) is 3. The molecule has 4 atom stereocenters. The van der Waals surface area contributed by atoms with Gasteiger partial charge >= 0.3 is 0 Å². The Morgan fingerprint density at radius 1 is 1.07 bits per heavy atom. The fourth-order valence-corrected chi connectivity index (χ4v) is 6.60. The number of fused-ring (bicyclic) bond motifs is 1. The number of benzene rings is 3. The molecule has 0 aliphatic carbocycles. The van der Waals surface area contributed by atoms with Crippen molar-refractivity contribution in [2.24, 2.45) is 0 Å². The number of ether oxygens (including phenoxy) is 4. The van der Waals surface area contributed by atoms with Crippen LogP contribution >= 0.6 is 0 Å². The summed E-state index contributed by atoms with van der Waals surface area (Å²) in [5, 5.41) is 13.9. The molecule has 0 aromatic heterocycles. The zero-order valence-corrected chi connectivity index (χ0v) is 26.0. The van der Waals surface area contributed by atoms with E-state index in [0.717, 1.165) is 60.7 Å². The number of methoxy groups -OCH3 is 1. The lowest BCUT2D eigenvalue weighted by atomic mass is 9.85. The molecule has 0 spiro atoms. The van der Waals surface area contributed by atoms with Gasteiger partial charge in [-0.25, -0.2) is 4.39 Å². The van der Waals surface area contributed by atoms with Gasteiger partial charge in [-0.2, -0.15) is 0 Å². The van der Waals surface area contributed by atoms with Gasteiger partial charge in [0.05, 0.1) is 31.5 Å². The van der Waals surface area contributed by atoms with Gasteiger partial charge in [0, 0.05) is 57.9 Å². The van der Waals surface area contributed by atoms with Gasteiger partial charge in [-0.05, 0) is 60.0 Å². The molecule has 3 aliphatic heterocycles. The first-order valence-corrected chi connectivity index (χ1v) is 15.9. The van der Waals surface area contributed by atoms with Crippen molar-refractivity contribution in [3.8, 4) is 11.5 Å². The molecule has 0 saturated carbocycles. The minimum absolute atomic E-state index is 0.0347. The Bertz CT molecular complexity index is 1460. The van der Waals surface area contributed by atoms with E-state index in [0.29, 0.717) is 45.2 Å². The summed E-state index contributed by atoms with van der Waals surface area (Å²) in [7, 11) is 1.71. The first-order valence-electron chi connectivity index (χ1n) is 15.9. The summed E-state index contributed by atoms with van der Waals surface area (Å²) in [6.07, 6.45) is 0.615. The van der Waals surface area contributed by atoms with E-state index < -0.39 is 11.2 Å². The monoisotopic (exact) mass is 636 g/mol. The molecule has 12 heteroatoms. The van der Waals surface area contributed by atoms with Gasteiger partial charge < -0.3 is 38.9 Å². The molecule has 0 amide bonds. The summed E-state index contributed by atoms with van der Waals surface area (Å²) in [6.45, 7) is 5.64. The zero-order chi connectivity index (χ0) is 31.9. The third kappa shape index (κ3) is 7.80. The summed E-state index contributed by atoms with van der Waals surface area (Å²) in [5.74, 6) is 0.932. The predicted octanol–water partition coefficient (Wildman–Crippen LogP) is 4.57. The lowest BCUT2D eigenvalue weighted by molar-refractivity contribution is -0.769. The molecule has 2 fully saturated rings. The average Bonchev–Trinajstić information content (AvgIpc) is 3.53. The Morgan fingerprint density at radius 3 is 2.72 bits per heavy atom. The number of hydrogen-bond acceptors (Lipinski definition) is 10. The molecule has 3 heterocycles. The van der Waals surface area contributed by atoms with E-state index in [1.165, 1.54) is 12.1 Å². The zero-order valence-electron chi connectivity index (χ0n) is 26.0. The van der Waals surface area contributed by atoms with Crippen LogP contribution in [0.3, 0.4) is 0 Å². The molecule has 246 valence electrons. The second kappa shape index (κ2) is 15.0. The Kier molecular flexibility index (Phi) is 10.4. The fourth-order valence-electron chi connectivity index (χ4n) is 6.60. The van der Waals surface area contributed by atoms with Crippen LogP contribution in [-0.2, 0) is 20.9 Å². The smallest absolute Gasteiger partial charge is 0.294 e. The van der Waals surface area contributed by atoms with E-state index >= 15 is 0 Å². The normalized spacial score (nSPS) is 22.7. The number of halogens is 1. The van der Waals surface area contributed by atoms with E-state index in [2.05, 4.69) is 21.2 Å². The summed E-state index contributed by atoms with van der Waals surface area (Å²) in [6, 6.07) is 20.3. The molecule has 3 aliphatic rings. The van der Waals surface area contributed by atoms with Gasteiger partial charge in [0.25, 0.3) is 5.09 Å². The first-order chi connectivity index (χ1) is 22.5. The van der Waals surface area contributed by atoms with Crippen molar-refractivity contribution in [3.05, 3.63) is 93.8 Å². The first kappa shape index (κ1) is 31.8. The number of nitrogens with one attached hydrogen (secondary N) is 1. The van der Waals surface area contributed by atoms with Crippen molar-refractivity contribution in [2.75, 3.05) is 69.4 Å². The van der Waals surface area contributed by atoms with Gasteiger partial charge in [0.15, 0.2) is 0 Å². The van der Waals surface area contributed by atoms with Crippen LogP contribution in [0, 0.1) is 15.9 Å². The highest BCUT2D eigenvalue weighted by Gasteiger charge is 2.38. The highest BCUT2D eigenvalue weighted by Crippen LogP contribution is 2.35. The van der Waals surface area contributed by atoms with E-state index in [-0.39, 0.29) is 23.9 Å². The lowest BCUT2D eigenvalue weighted by Gasteiger charge is -2.37. The maximum absolute atomic E-state index is 13.7. The SMILES string of the molecule is COCCCN1CCOc2ccc(CO[C@H]3CNC[C@@H](O[N+](=O)[O-])[C@@H]3c3ccc(OC4CCN(c5cccc(F)c5)C4)cc3)cc21. The van der Waals surface area contributed by atoms with Gasteiger partial charge in [-0.1, -0.05) is 24.3 Å². The third-order valence-corrected chi connectivity index (χ3v) is 8.82. The quantitative estimate of drug-likeness (QED) is 0.163. The molecule has 2 saturated heterocycles. The van der Waals surface area contributed by atoms with Crippen molar-refractivity contribution >= 4 is 11.4 Å². The van der Waals surface area contributed by atoms with E-state index in [1.807, 2.05) is 42.5 Å². The number of piperidine rings is 1. The van der Waals surface area contributed by atoms with Crippen LogP contribution in [-0.4, -0.2) is 83.0 Å². The molecular weight excluding hydrogens is 595 g/mol. The van der Waals surface area contributed by atoms with Crippen molar-refractivity contribution in [1.29, 1.82) is 0 Å². The van der Waals surface area contributed by atoms with Crippen LogP contribution in [0.2, 0.25) is 0 Å². The molecule has 6 rings (SSSR count). The van der Waals surface area contributed by atoms with Crippen molar-refractivity contribution in [1.82, 2.24) is 5.32 Å². The predicted molar refractivity (Wildman–Crippen MR) is 171 cm³/mol. The summed E-state index contributed by atoms with van der Waals surface area (Å²) in [4.78, 5) is 21.0. The van der Waals surface area contributed by atoms with Crippen molar-refractivity contribution in [3.63, 3.8) is 0 Å². The Morgan fingerprint density at radius 2 is 1.91 bits per heavy atom. The van der Waals surface area contributed by atoms with Crippen LogP contribution in [0.4, 0.5) is 15.8 Å². The summed E-state index contributed by atoms with van der Waals surface area (Å²) >= 11 is 0. The maximum atomic E-state index is 13.7. The summed E-state index contributed by atoms with van der Waals surface area (Å²) < 4.78 is 37.6. The minimum atomic E-state index is -0.731.